The first-order valence-electron chi connectivity index (χ1n) is 8.06. The number of halogens is 1. The van der Waals surface area contributed by atoms with Crippen LogP contribution in [0.1, 0.15) is 26.2 Å². The third kappa shape index (κ3) is 4.40. The van der Waals surface area contributed by atoms with Crippen LogP contribution in [0.5, 0.6) is 5.75 Å². The van der Waals surface area contributed by atoms with Crippen LogP contribution in [-0.2, 0) is 14.8 Å². The molecule has 1 aromatic carbocycles. The molecule has 1 aliphatic rings. The van der Waals surface area contributed by atoms with E-state index in [1.165, 1.54) is 10.4 Å². The van der Waals surface area contributed by atoms with Gasteiger partial charge in [-0.3, -0.25) is 0 Å². The molecule has 136 valence electrons. The standard InChI is InChI=1S/C16H25ClN2O4S/c1-12(18)14-5-3-4-8-19(14)24(20,21)16-11-13(17)6-7-15(16)23-10-9-22-2/h6-7,11-12,14H,3-5,8-10,18H2,1-2H3/t12-,14+/m1/s1. The Morgan fingerprint density at radius 1 is 1.38 bits per heavy atom. The maximum absolute atomic E-state index is 13.2. The first-order chi connectivity index (χ1) is 11.4. The largest absolute Gasteiger partial charge is 0.490 e. The van der Waals surface area contributed by atoms with Gasteiger partial charge in [-0.1, -0.05) is 18.0 Å². The predicted octanol–water partition coefficient (Wildman–Crippen LogP) is 2.26. The predicted molar refractivity (Wildman–Crippen MR) is 94.0 cm³/mol. The Balaban J connectivity index is 2.38. The van der Waals surface area contributed by atoms with Crippen molar-refractivity contribution in [1.82, 2.24) is 4.31 Å². The van der Waals surface area contributed by atoms with Crippen LogP contribution in [-0.4, -0.2) is 51.7 Å². The van der Waals surface area contributed by atoms with Crippen molar-refractivity contribution >= 4 is 21.6 Å². The van der Waals surface area contributed by atoms with Crippen LogP contribution in [0.15, 0.2) is 23.1 Å². The van der Waals surface area contributed by atoms with E-state index in [0.717, 1.165) is 19.3 Å². The molecule has 0 aliphatic carbocycles. The van der Waals surface area contributed by atoms with Crippen molar-refractivity contribution in [3.63, 3.8) is 0 Å². The Bertz CT molecular complexity index is 651. The molecule has 0 aromatic heterocycles. The van der Waals surface area contributed by atoms with Crippen LogP contribution < -0.4 is 10.5 Å². The Hall–Kier alpha value is -0.860. The number of rotatable bonds is 7. The van der Waals surface area contributed by atoms with Gasteiger partial charge < -0.3 is 15.2 Å². The van der Waals surface area contributed by atoms with E-state index in [2.05, 4.69) is 0 Å². The minimum atomic E-state index is -3.74. The summed E-state index contributed by atoms with van der Waals surface area (Å²) in [5.74, 6) is 0.283. The van der Waals surface area contributed by atoms with E-state index >= 15 is 0 Å². The second-order valence-electron chi connectivity index (χ2n) is 5.97. The molecule has 6 nitrogen and oxygen atoms in total. The van der Waals surface area contributed by atoms with E-state index in [9.17, 15) is 8.42 Å². The number of benzene rings is 1. The number of hydrogen-bond acceptors (Lipinski definition) is 5. The van der Waals surface area contributed by atoms with Gasteiger partial charge in [0.15, 0.2) is 0 Å². The van der Waals surface area contributed by atoms with Gasteiger partial charge in [-0.25, -0.2) is 8.42 Å². The van der Waals surface area contributed by atoms with Crippen LogP contribution in [0.4, 0.5) is 0 Å². The van der Waals surface area contributed by atoms with Gasteiger partial charge in [0, 0.05) is 30.8 Å². The highest BCUT2D eigenvalue weighted by Gasteiger charge is 2.37. The zero-order valence-corrected chi connectivity index (χ0v) is 15.6. The molecule has 2 N–H and O–H groups in total. The average molecular weight is 377 g/mol. The van der Waals surface area contributed by atoms with Crippen molar-refractivity contribution in [3.8, 4) is 5.75 Å². The van der Waals surface area contributed by atoms with Gasteiger partial charge in [-0.2, -0.15) is 4.31 Å². The van der Waals surface area contributed by atoms with E-state index in [1.54, 1.807) is 19.2 Å². The lowest BCUT2D eigenvalue weighted by molar-refractivity contribution is 0.144. The zero-order valence-electron chi connectivity index (χ0n) is 14.1. The van der Waals surface area contributed by atoms with E-state index in [-0.39, 0.29) is 29.3 Å². The number of nitrogens with zero attached hydrogens (tertiary/aromatic N) is 1. The van der Waals surface area contributed by atoms with E-state index < -0.39 is 10.0 Å². The minimum absolute atomic E-state index is 0.0821. The molecule has 1 aliphatic heterocycles. The molecule has 0 amide bonds. The molecule has 1 aromatic rings. The summed E-state index contributed by atoms with van der Waals surface area (Å²) in [6, 6.07) is 4.18. The topological polar surface area (TPSA) is 81.9 Å². The molecule has 0 bridgehead atoms. The second kappa shape index (κ2) is 8.49. The SMILES string of the molecule is COCCOc1ccc(Cl)cc1S(=O)(=O)N1CCCC[C@H]1[C@@H](C)N. The normalized spacial score (nSPS) is 20.8. The molecule has 1 saturated heterocycles. The molecule has 1 heterocycles. The van der Waals surface area contributed by atoms with Gasteiger partial charge in [0.1, 0.15) is 17.3 Å². The summed E-state index contributed by atoms with van der Waals surface area (Å²) in [5.41, 5.74) is 6.02. The Kier molecular flexibility index (Phi) is 6.88. The molecule has 2 atom stereocenters. The minimum Gasteiger partial charge on any atom is -0.490 e. The van der Waals surface area contributed by atoms with E-state index in [4.69, 9.17) is 26.8 Å². The Morgan fingerprint density at radius 3 is 2.79 bits per heavy atom. The Labute approximate surface area is 148 Å². The van der Waals surface area contributed by atoms with Crippen LogP contribution in [0, 0.1) is 0 Å². The molecule has 1 fully saturated rings. The summed E-state index contributed by atoms with van der Waals surface area (Å²) in [6.07, 6.45) is 2.56. The maximum Gasteiger partial charge on any atom is 0.247 e. The van der Waals surface area contributed by atoms with Crippen molar-refractivity contribution in [3.05, 3.63) is 23.2 Å². The highest BCUT2D eigenvalue weighted by atomic mass is 35.5. The van der Waals surface area contributed by atoms with Crippen molar-refractivity contribution in [2.75, 3.05) is 26.9 Å². The van der Waals surface area contributed by atoms with Crippen LogP contribution >= 0.6 is 11.6 Å². The highest BCUT2D eigenvalue weighted by Crippen LogP contribution is 2.33. The number of piperidine rings is 1. The van der Waals surface area contributed by atoms with E-state index in [0.29, 0.717) is 18.2 Å². The molecule has 24 heavy (non-hydrogen) atoms. The maximum atomic E-state index is 13.2. The number of nitrogens with two attached hydrogens (primary N) is 1. The summed E-state index contributed by atoms with van der Waals surface area (Å²) in [4.78, 5) is 0.0821. The fourth-order valence-corrected chi connectivity index (χ4v) is 5.09. The monoisotopic (exact) mass is 376 g/mol. The Morgan fingerprint density at radius 2 is 2.12 bits per heavy atom. The lowest BCUT2D eigenvalue weighted by Crippen LogP contribution is -2.51. The van der Waals surface area contributed by atoms with Crippen molar-refractivity contribution in [1.29, 1.82) is 0 Å². The smallest absolute Gasteiger partial charge is 0.247 e. The molecular weight excluding hydrogens is 352 g/mol. The van der Waals surface area contributed by atoms with Gasteiger partial charge in [-0.15, -0.1) is 0 Å². The molecule has 0 radical (unpaired) electrons. The molecule has 0 saturated carbocycles. The molecule has 8 heteroatoms. The third-order valence-corrected chi connectivity index (χ3v) is 6.32. The summed E-state index contributed by atoms with van der Waals surface area (Å²) < 4.78 is 38.4. The summed E-state index contributed by atoms with van der Waals surface area (Å²) in [6.45, 7) is 2.93. The lowest BCUT2D eigenvalue weighted by atomic mass is 10.00. The lowest BCUT2D eigenvalue weighted by Gasteiger charge is -2.37. The third-order valence-electron chi connectivity index (χ3n) is 4.14. The van der Waals surface area contributed by atoms with Crippen LogP contribution in [0.25, 0.3) is 0 Å². The van der Waals surface area contributed by atoms with E-state index in [1.807, 2.05) is 6.92 Å². The average Bonchev–Trinajstić information content (AvgIpc) is 2.56. The van der Waals surface area contributed by atoms with Crippen molar-refractivity contribution in [2.45, 2.75) is 43.2 Å². The van der Waals surface area contributed by atoms with Gasteiger partial charge in [0.25, 0.3) is 0 Å². The number of ether oxygens (including phenoxy) is 2. The number of hydrogen-bond donors (Lipinski definition) is 1. The van der Waals surface area contributed by atoms with Crippen molar-refractivity contribution in [2.24, 2.45) is 5.73 Å². The van der Waals surface area contributed by atoms with Gasteiger partial charge in [-0.05, 0) is 38.0 Å². The fraction of sp³-hybridized carbons (Fsp3) is 0.625. The second-order valence-corrected chi connectivity index (χ2v) is 8.27. The van der Waals surface area contributed by atoms with Crippen LogP contribution in [0.3, 0.4) is 0 Å². The summed E-state index contributed by atoms with van der Waals surface area (Å²) in [5, 5.41) is 0.349. The number of methoxy groups -OCH3 is 1. The summed E-state index contributed by atoms with van der Waals surface area (Å²) >= 11 is 6.03. The van der Waals surface area contributed by atoms with Gasteiger partial charge in [0.2, 0.25) is 10.0 Å². The number of sulfonamides is 1. The van der Waals surface area contributed by atoms with Crippen LogP contribution in [0.2, 0.25) is 5.02 Å². The van der Waals surface area contributed by atoms with Crippen molar-refractivity contribution < 1.29 is 17.9 Å². The van der Waals surface area contributed by atoms with Gasteiger partial charge >= 0.3 is 0 Å². The molecule has 0 unspecified atom stereocenters. The zero-order chi connectivity index (χ0) is 17.7. The molecule has 2 rings (SSSR count). The summed E-state index contributed by atoms with van der Waals surface area (Å²) in [7, 11) is -2.18. The fourth-order valence-electron chi connectivity index (χ4n) is 2.92. The van der Waals surface area contributed by atoms with Gasteiger partial charge in [0.05, 0.1) is 6.61 Å². The molecule has 0 spiro atoms. The first-order valence-corrected chi connectivity index (χ1v) is 9.88. The first kappa shape index (κ1) is 19.5. The highest BCUT2D eigenvalue weighted by molar-refractivity contribution is 7.89. The quantitative estimate of drug-likeness (QED) is 0.738. The molecular formula is C16H25ClN2O4S.